The summed E-state index contributed by atoms with van der Waals surface area (Å²) in [7, 11) is -4.23. The van der Waals surface area contributed by atoms with Gasteiger partial charge in [-0.1, -0.05) is 61.3 Å². The van der Waals surface area contributed by atoms with Crippen molar-refractivity contribution in [2.75, 3.05) is 17.4 Å². The molecule has 1 unspecified atom stereocenters. The van der Waals surface area contributed by atoms with Crippen LogP contribution in [0.3, 0.4) is 0 Å². The van der Waals surface area contributed by atoms with Gasteiger partial charge in [-0.15, -0.1) is 0 Å². The van der Waals surface area contributed by atoms with E-state index in [0.29, 0.717) is 22.2 Å². The van der Waals surface area contributed by atoms with E-state index >= 15 is 0 Å². The largest absolute Gasteiger partial charge is 0.354 e. The maximum absolute atomic E-state index is 13.8. The molecule has 11 heteroatoms. The summed E-state index contributed by atoms with van der Waals surface area (Å²) < 4.78 is 41.9. The fourth-order valence-electron chi connectivity index (χ4n) is 3.72. The van der Waals surface area contributed by atoms with Crippen LogP contribution in [0.4, 0.5) is 10.1 Å². The van der Waals surface area contributed by atoms with Crippen molar-refractivity contribution in [2.24, 2.45) is 5.92 Å². The molecular weight excluding hydrogens is 564 g/mol. The van der Waals surface area contributed by atoms with Gasteiger partial charge in [0, 0.05) is 23.1 Å². The number of carbonyl (C=O) groups excluding carboxylic acids is 2. The number of amides is 2. The average Bonchev–Trinajstić information content (AvgIpc) is 2.90. The topological polar surface area (TPSA) is 86.8 Å². The third-order valence-electron chi connectivity index (χ3n) is 5.93. The van der Waals surface area contributed by atoms with E-state index in [-0.39, 0.29) is 23.0 Å². The Balaban J connectivity index is 2.01. The highest BCUT2D eigenvalue weighted by Crippen LogP contribution is 2.26. The average molecular weight is 595 g/mol. The standard InChI is InChI=1S/C28H30Cl2FN3O4S/c1-19(2)16-32-28(36)20(3)33(17-21-9-10-22(29)15-26(21)30)27(35)18-34(24-13-11-23(31)12-14-24)39(37,38)25-7-5-4-6-8-25/h4-15,19-20H,16-18H2,1-3H3,(H,32,36). The zero-order valence-electron chi connectivity index (χ0n) is 21.8. The number of nitrogens with zero attached hydrogens (tertiary/aromatic N) is 2. The van der Waals surface area contributed by atoms with Crippen molar-refractivity contribution in [1.82, 2.24) is 10.2 Å². The lowest BCUT2D eigenvalue weighted by atomic mass is 10.1. The normalized spacial score (nSPS) is 12.2. The van der Waals surface area contributed by atoms with Gasteiger partial charge in [0.15, 0.2) is 0 Å². The number of rotatable bonds is 11. The van der Waals surface area contributed by atoms with Crippen LogP contribution in [-0.2, 0) is 26.2 Å². The van der Waals surface area contributed by atoms with Gasteiger partial charge in [0.1, 0.15) is 18.4 Å². The Hall–Kier alpha value is -3.14. The Kier molecular flexibility index (Phi) is 10.4. The third-order valence-corrected chi connectivity index (χ3v) is 8.31. The number of carbonyl (C=O) groups is 2. The van der Waals surface area contributed by atoms with Gasteiger partial charge < -0.3 is 10.2 Å². The quantitative estimate of drug-likeness (QED) is 0.317. The third kappa shape index (κ3) is 7.94. The van der Waals surface area contributed by atoms with Crippen LogP contribution in [0, 0.1) is 11.7 Å². The SMILES string of the molecule is CC(C)CNC(=O)C(C)N(Cc1ccc(Cl)cc1Cl)C(=O)CN(c1ccc(F)cc1)S(=O)(=O)c1ccccc1. The van der Waals surface area contributed by atoms with Crippen molar-refractivity contribution in [3.63, 3.8) is 0 Å². The van der Waals surface area contributed by atoms with Gasteiger partial charge in [-0.2, -0.15) is 0 Å². The van der Waals surface area contributed by atoms with Crippen LogP contribution < -0.4 is 9.62 Å². The number of hydrogen-bond donors (Lipinski definition) is 1. The summed E-state index contributed by atoms with van der Waals surface area (Å²) in [5.74, 6) is -1.43. The van der Waals surface area contributed by atoms with E-state index in [1.54, 1.807) is 37.3 Å². The first-order valence-electron chi connectivity index (χ1n) is 12.2. The van der Waals surface area contributed by atoms with Crippen molar-refractivity contribution >= 4 is 50.7 Å². The zero-order chi connectivity index (χ0) is 28.7. The van der Waals surface area contributed by atoms with Crippen molar-refractivity contribution < 1.29 is 22.4 Å². The first-order chi connectivity index (χ1) is 18.4. The zero-order valence-corrected chi connectivity index (χ0v) is 24.1. The number of nitrogens with one attached hydrogen (secondary N) is 1. The molecule has 0 heterocycles. The molecule has 1 atom stereocenters. The van der Waals surface area contributed by atoms with Gasteiger partial charge in [0.25, 0.3) is 10.0 Å². The Morgan fingerprint density at radius 2 is 1.59 bits per heavy atom. The molecule has 0 aliphatic heterocycles. The maximum atomic E-state index is 13.8. The highest BCUT2D eigenvalue weighted by Gasteiger charge is 2.32. The lowest BCUT2D eigenvalue weighted by Gasteiger charge is -2.32. The Bertz CT molecular complexity index is 1400. The van der Waals surface area contributed by atoms with Gasteiger partial charge >= 0.3 is 0 Å². The number of anilines is 1. The second kappa shape index (κ2) is 13.3. The van der Waals surface area contributed by atoms with Crippen LogP contribution in [0.15, 0.2) is 77.7 Å². The summed E-state index contributed by atoms with van der Waals surface area (Å²) in [6.45, 7) is 5.12. The lowest BCUT2D eigenvalue weighted by molar-refractivity contribution is -0.139. The Morgan fingerprint density at radius 1 is 0.949 bits per heavy atom. The minimum absolute atomic E-state index is 0.0443. The second-order valence-corrected chi connectivity index (χ2v) is 12.1. The number of hydrogen-bond acceptors (Lipinski definition) is 4. The highest BCUT2D eigenvalue weighted by atomic mass is 35.5. The van der Waals surface area contributed by atoms with Gasteiger partial charge in [0.2, 0.25) is 11.8 Å². The summed E-state index contributed by atoms with van der Waals surface area (Å²) in [5, 5.41) is 3.51. The van der Waals surface area contributed by atoms with Crippen LogP contribution in [0.25, 0.3) is 0 Å². The lowest BCUT2D eigenvalue weighted by Crippen LogP contribution is -2.51. The molecule has 2 amide bonds. The van der Waals surface area contributed by atoms with Gasteiger partial charge in [-0.25, -0.2) is 12.8 Å². The molecule has 208 valence electrons. The van der Waals surface area contributed by atoms with Gasteiger partial charge in [0.05, 0.1) is 10.6 Å². The molecule has 3 rings (SSSR count). The molecule has 3 aromatic carbocycles. The van der Waals surface area contributed by atoms with Crippen LogP contribution in [0.5, 0.6) is 0 Å². The van der Waals surface area contributed by atoms with E-state index in [4.69, 9.17) is 23.2 Å². The van der Waals surface area contributed by atoms with E-state index < -0.39 is 40.2 Å². The number of benzene rings is 3. The molecule has 0 fully saturated rings. The number of sulfonamides is 1. The van der Waals surface area contributed by atoms with E-state index in [2.05, 4.69) is 5.32 Å². The maximum Gasteiger partial charge on any atom is 0.264 e. The Labute approximate surface area is 238 Å². The molecule has 0 saturated carbocycles. The first-order valence-corrected chi connectivity index (χ1v) is 14.4. The fraction of sp³-hybridized carbons (Fsp3) is 0.286. The first kappa shape index (κ1) is 30.4. The minimum atomic E-state index is -4.23. The van der Waals surface area contributed by atoms with E-state index in [9.17, 15) is 22.4 Å². The minimum Gasteiger partial charge on any atom is -0.354 e. The van der Waals surface area contributed by atoms with Crippen molar-refractivity contribution in [3.05, 3.63) is 94.2 Å². The molecule has 0 aromatic heterocycles. The predicted molar refractivity (Wildman–Crippen MR) is 152 cm³/mol. The molecule has 1 N–H and O–H groups in total. The fourth-order valence-corrected chi connectivity index (χ4v) is 5.63. The summed E-state index contributed by atoms with van der Waals surface area (Å²) >= 11 is 12.4. The summed E-state index contributed by atoms with van der Waals surface area (Å²) in [6.07, 6.45) is 0. The summed E-state index contributed by atoms with van der Waals surface area (Å²) in [6, 6.07) is 16.2. The molecule has 0 spiro atoms. The molecule has 39 heavy (non-hydrogen) atoms. The van der Waals surface area contributed by atoms with E-state index in [0.717, 1.165) is 16.4 Å². The Morgan fingerprint density at radius 3 is 2.18 bits per heavy atom. The highest BCUT2D eigenvalue weighted by molar-refractivity contribution is 7.92. The van der Waals surface area contributed by atoms with Crippen LogP contribution in [-0.4, -0.2) is 44.3 Å². The van der Waals surface area contributed by atoms with Crippen LogP contribution >= 0.6 is 23.2 Å². The van der Waals surface area contributed by atoms with Crippen molar-refractivity contribution in [2.45, 2.75) is 38.3 Å². The molecular formula is C28H30Cl2FN3O4S. The second-order valence-electron chi connectivity index (χ2n) is 9.37. The molecule has 0 aliphatic rings. The molecule has 3 aromatic rings. The smallest absolute Gasteiger partial charge is 0.264 e. The van der Waals surface area contributed by atoms with Crippen LogP contribution in [0.1, 0.15) is 26.3 Å². The van der Waals surface area contributed by atoms with Crippen molar-refractivity contribution in [1.29, 1.82) is 0 Å². The van der Waals surface area contributed by atoms with Gasteiger partial charge in [-0.05, 0) is 66.9 Å². The van der Waals surface area contributed by atoms with Crippen LogP contribution in [0.2, 0.25) is 10.0 Å². The molecule has 0 radical (unpaired) electrons. The molecule has 0 bridgehead atoms. The summed E-state index contributed by atoms with van der Waals surface area (Å²) in [4.78, 5) is 28.1. The molecule has 0 aliphatic carbocycles. The van der Waals surface area contributed by atoms with Crippen molar-refractivity contribution in [3.8, 4) is 0 Å². The summed E-state index contributed by atoms with van der Waals surface area (Å²) in [5.41, 5.74) is 0.618. The van der Waals surface area contributed by atoms with E-state index in [1.165, 1.54) is 35.2 Å². The molecule has 7 nitrogen and oxygen atoms in total. The monoisotopic (exact) mass is 593 g/mol. The number of halogens is 3. The van der Waals surface area contributed by atoms with Gasteiger partial charge in [-0.3, -0.25) is 13.9 Å². The molecule has 0 saturated heterocycles. The van der Waals surface area contributed by atoms with E-state index in [1.807, 2.05) is 13.8 Å². The predicted octanol–water partition coefficient (Wildman–Crippen LogP) is 5.52.